The minimum atomic E-state index is 0.0181. The van der Waals surface area contributed by atoms with Crippen molar-refractivity contribution in [3.8, 4) is 5.75 Å². The molecule has 164 valence electrons. The highest BCUT2D eigenvalue weighted by Gasteiger charge is 2.22. The van der Waals surface area contributed by atoms with Crippen LogP contribution in [-0.2, 0) is 11.3 Å². The number of hydrogen-bond acceptors (Lipinski definition) is 6. The standard InChI is InChI=1S/C23H30N6O2/c1-16-7-8-22(31)20(25-16)15-29-21-6-4-3-5-19(21)27-23(29)26-18-9-12-28(13-10-18)14-11-24-17(2)30/h3-8,18,31H,9-15H2,1-2H3,(H,24,30)(H,26,27). The Balaban J connectivity index is 1.48. The Hall–Kier alpha value is -3.13. The molecule has 0 aliphatic carbocycles. The summed E-state index contributed by atoms with van der Waals surface area (Å²) in [5.74, 6) is 1.02. The minimum absolute atomic E-state index is 0.0181. The van der Waals surface area contributed by atoms with Crippen molar-refractivity contribution in [2.75, 3.05) is 31.5 Å². The lowest BCUT2D eigenvalue weighted by atomic mass is 10.1. The first-order valence-electron chi connectivity index (χ1n) is 10.8. The van der Waals surface area contributed by atoms with Crippen molar-refractivity contribution in [1.29, 1.82) is 0 Å². The molecule has 1 aliphatic rings. The van der Waals surface area contributed by atoms with Crippen LogP contribution in [0.15, 0.2) is 36.4 Å². The van der Waals surface area contributed by atoms with E-state index < -0.39 is 0 Å². The first-order chi connectivity index (χ1) is 15.0. The number of likely N-dealkylation sites (tertiary alicyclic amines) is 1. The number of amides is 1. The Kier molecular flexibility index (Phi) is 6.36. The fraction of sp³-hybridized carbons (Fsp3) is 0.435. The first kappa shape index (κ1) is 21.1. The molecule has 1 fully saturated rings. The van der Waals surface area contributed by atoms with Crippen molar-refractivity contribution in [2.24, 2.45) is 0 Å². The van der Waals surface area contributed by atoms with Crippen LogP contribution in [0.2, 0.25) is 0 Å². The number of aryl methyl sites for hydroxylation is 1. The average Bonchev–Trinajstić information content (AvgIpc) is 3.09. The number of benzene rings is 1. The molecule has 3 N–H and O–H groups in total. The molecule has 1 aliphatic heterocycles. The molecule has 1 amide bonds. The number of anilines is 1. The van der Waals surface area contributed by atoms with Gasteiger partial charge in [0.05, 0.1) is 17.6 Å². The number of imidazole rings is 1. The van der Waals surface area contributed by atoms with E-state index in [-0.39, 0.29) is 11.7 Å². The summed E-state index contributed by atoms with van der Waals surface area (Å²) < 4.78 is 2.10. The van der Waals surface area contributed by atoms with Gasteiger partial charge in [-0.15, -0.1) is 0 Å². The van der Waals surface area contributed by atoms with Crippen LogP contribution in [0.25, 0.3) is 11.0 Å². The van der Waals surface area contributed by atoms with Gasteiger partial charge in [0.1, 0.15) is 11.4 Å². The van der Waals surface area contributed by atoms with Gasteiger partial charge in [-0.2, -0.15) is 0 Å². The highest BCUT2D eigenvalue weighted by atomic mass is 16.3. The third-order valence-corrected chi connectivity index (χ3v) is 5.77. The predicted molar refractivity (Wildman–Crippen MR) is 121 cm³/mol. The number of carbonyl (C=O) groups excluding carboxylic acids is 1. The molecule has 0 saturated carbocycles. The van der Waals surface area contributed by atoms with Crippen molar-refractivity contribution in [3.63, 3.8) is 0 Å². The summed E-state index contributed by atoms with van der Waals surface area (Å²) in [5.41, 5.74) is 3.45. The molecule has 2 aromatic heterocycles. The number of aromatic hydroxyl groups is 1. The SMILES string of the molecule is CC(=O)NCCN1CCC(Nc2nc3ccccc3n2Cc2nc(C)ccc2O)CC1. The van der Waals surface area contributed by atoms with Crippen LogP contribution in [0.5, 0.6) is 5.75 Å². The molecule has 4 rings (SSSR count). The van der Waals surface area contributed by atoms with Gasteiger partial charge in [-0.25, -0.2) is 4.98 Å². The van der Waals surface area contributed by atoms with Crippen LogP contribution in [0.1, 0.15) is 31.2 Å². The van der Waals surface area contributed by atoms with Crippen LogP contribution in [0.4, 0.5) is 5.95 Å². The smallest absolute Gasteiger partial charge is 0.216 e. The van der Waals surface area contributed by atoms with Crippen LogP contribution < -0.4 is 10.6 Å². The number of aromatic nitrogens is 3. The summed E-state index contributed by atoms with van der Waals surface area (Å²) in [4.78, 5) is 22.8. The normalized spacial score (nSPS) is 15.3. The van der Waals surface area contributed by atoms with Gasteiger partial charge in [0.25, 0.3) is 0 Å². The molecule has 8 heteroatoms. The van der Waals surface area contributed by atoms with Crippen LogP contribution >= 0.6 is 0 Å². The molecule has 0 bridgehead atoms. The molecule has 3 aromatic rings. The number of hydrogen-bond donors (Lipinski definition) is 3. The Morgan fingerprint density at radius 2 is 1.94 bits per heavy atom. The molecule has 31 heavy (non-hydrogen) atoms. The van der Waals surface area contributed by atoms with Crippen molar-refractivity contribution in [2.45, 2.75) is 39.3 Å². The number of rotatable bonds is 7. The second kappa shape index (κ2) is 9.34. The molecule has 0 unspecified atom stereocenters. The number of fused-ring (bicyclic) bond motifs is 1. The molecule has 1 saturated heterocycles. The summed E-state index contributed by atoms with van der Waals surface area (Å²) in [6.07, 6.45) is 2.02. The second-order valence-corrected chi connectivity index (χ2v) is 8.17. The molecule has 8 nitrogen and oxygen atoms in total. The van der Waals surface area contributed by atoms with Gasteiger partial charge in [-0.05, 0) is 44.0 Å². The lowest BCUT2D eigenvalue weighted by Gasteiger charge is -2.32. The Bertz CT molecular complexity index is 1060. The number of nitrogens with zero attached hydrogens (tertiary/aromatic N) is 4. The van der Waals surface area contributed by atoms with E-state index in [9.17, 15) is 9.90 Å². The number of carbonyl (C=O) groups is 1. The quantitative estimate of drug-likeness (QED) is 0.542. The van der Waals surface area contributed by atoms with Crippen molar-refractivity contribution >= 4 is 22.9 Å². The fourth-order valence-electron chi connectivity index (χ4n) is 4.09. The highest BCUT2D eigenvalue weighted by Crippen LogP contribution is 2.25. The van der Waals surface area contributed by atoms with Crippen molar-refractivity contribution < 1.29 is 9.90 Å². The monoisotopic (exact) mass is 422 g/mol. The fourth-order valence-corrected chi connectivity index (χ4v) is 4.09. The molecule has 0 spiro atoms. The highest BCUT2D eigenvalue weighted by molar-refractivity contribution is 5.78. The number of nitrogens with one attached hydrogen (secondary N) is 2. The van der Waals surface area contributed by atoms with Gasteiger partial charge in [-0.1, -0.05) is 12.1 Å². The number of para-hydroxylation sites is 2. The zero-order chi connectivity index (χ0) is 21.8. The van der Waals surface area contributed by atoms with E-state index in [4.69, 9.17) is 4.98 Å². The zero-order valence-electron chi connectivity index (χ0n) is 18.1. The van der Waals surface area contributed by atoms with Gasteiger partial charge in [0.15, 0.2) is 0 Å². The molecule has 1 aromatic carbocycles. The van der Waals surface area contributed by atoms with E-state index in [1.165, 1.54) is 0 Å². The van der Waals surface area contributed by atoms with Crippen molar-refractivity contribution in [3.05, 3.63) is 47.8 Å². The molecular formula is C23H30N6O2. The molecule has 3 heterocycles. The van der Waals surface area contributed by atoms with Crippen LogP contribution in [-0.4, -0.2) is 62.7 Å². The largest absolute Gasteiger partial charge is 0.506 e. The second-order valence-electron chi connectivity index (χ2n) is 8.17. The molecular weight excluding hydrogens is 392 g/mol. The van der Waals surface area contributed by atoms with Gasteiger partial charge < -0.3 is 25.2 Å². The lowest BCUT2D eigenvalue weighted by molar-refractivity contribution is -0.119. The maximum Gasteiger partial charge on any atom is 0.216 e. The topological polar surface area (TPSA) is 95.3 Å². The van der Waals surface area contributed by atoms with Crippen LogP contribution in [0.3, 0.4) is 0 Å². The zero-order valence-corrected chi connectivity index (χ0v) is 18.1. The van der Waals surface area contributed by atoms with E-state index in [0.29, 0.717) is 24.8 Å². The molecule has 0 atom stereocenters. The summed E-state index contributed by atoms with van der Waals surface area (Å²) in [6, 6.07) is 11.9. The Labute approximate surface area is 182 Å². The van der Waals surface area contributed by atoms with E-state index >= 15 is 0 Å². The summed E-state index contributed by atoms with van der Waals surface area (Å²) >= 11 is 0. The number of pyridine rings is 1. The average molecular weight is 423 g/mol. The summed E-state index contributed by atoms with van der Waals surface area (Å²) in [7, 11) is 0. The van der Waals surface area contributed by atoms with Crippen molar-refractivity contribution in [1.82, 2.24) is 24.8 Å². The maximum atomic E-state index is 11.0. The van der Waals surface area contributed by atoms with Gasteiger partial charge in [0.2, 0.25) is 11.9 Å². The van der Waals surface area contributed by atoms with E-state index in [1.54, 1.807) is 13.0 Å². The molecule has 0 radical (unpaired) electrons. The van der Waals surface area contributed by atoms with Gasteiger partial charge in [-0.3, -0.25) is 9.78 Å². The Morgan fingerprint density at radius 3 is 2.71 bits per heavy atom. The lowest BCUT2D eigenvalue weighted by Crippen LogP contribution is -2.42. The van der Waals surface area contributed by atoms with Crippen LogP contribution in [0, 0.1) is 6.92 Å². The van der Waals surface area contributed by atoms with Gasteiger partial charge >= 0.3 is 0 Å². The first-order valence-corrected chi connectivity index (χ1v) is 10.8. The predicted octanol–water partition coefficient (Wildman–Crippen LogP) is 2.51. The van der Waals surface area contributed by atoms with E-state index in [0.717, 1.165) is 55.2 Å². The van der Waals surface area contributed by atoms with E-state index in [1.807, 2.05) is 37.3 Å². The third kappa shape index (κ3) is 5.14. The summed E-state index contributed by atoms with van der Waals surface area (Å²) in [5, 5.41) is 16.8. The number of piperidine rings is 1. The third-order valence-electron chi connectivity index (χ3n) is 5.77. The minimum Gasteiger partial charge on any atom is -0.506 e. The summed E-state index contributed by atoms with van der Waals surface area (Å²) in [6.45, 7) is 7.46. The van der Waals surface area contributed by atoms with E-state index in [2.05, 4.69) is 25.1 Å². The Morgan fingerprint density at radius 1 is 1.16 bits per heavy atom. The van der Waals surface area contributed by atoms with Gasteiger partial charge in [0, 0.05) is 44.8 Å². The maximum absolute atomic E-state index is 11.0.